The van der Waals surface area contributed by atoms with Crippen LogP contribution in [0.1, 0.15) is 46.0 Å². The first-order valence-electron chi connectivity index (χ1n) is 8.61. The standard InChI is InChI=1S/C18H25N3O4S/c1-3-5-15(22)19-13-6-8-14(9-7-13)20-18(26)21-16(23)10-11-17(24)25-12-4-2/h6-9H,3-5,10-12H2,1-2H3,(H,19,22)(H2,20,21,23,26). The number of thiocarbonyl (C=S) groups is 1. The summed E-state index contributed by atoms with van der Waals surface area (Å²) in [7, 11) is 0. The van der Waals surface area contributed by atoms with Crippen molar-refractivity contribution in [3.05, 3.63) is 24.3 Å². The van der Waals surface area contributed by atoms with Crippen molar-refractivity contribution in [2.75, 3.05) is 17.2 Å². The Morgan fingerprint density at radius 3 is 2.08 bits per heavy atom. The topological polar surface area (TPSA) is 96.5 Å². The number of carbonyl (C=O) groups excluding carboxylic acids is 3. The quantitative estimate of drug-likeness (QED) is 0.451. The number of nitrogens with one attached hydrogen (secondary N) is 3. The molecular weight excluding hydrogens is 354 g/mol. The molecule has 0 aliphatic heterocycles. The van der Waals surface area contributed by atoms with Gasteiger partial charge in [-0.05, 0) is 49.3 Å². The maximum atomic E-state index is 11.8. The Kier molecular flexibility index (Phi) is 9.93. The second-order valence-electron chi connectivity index (χ2n) is 5.60. The molecule has 142 valence electrons. The highest BCUT2D eigenvalue weighted by atomic mass is 32.1. The number of anilines is 2. The van der Waals surface area contributed by atoms with Gasteiger partial charge in [0.15, 0.2) is 5.11 Å². The van der Waals surface area contributed by atoms with Gasteiger partial charge in [-0.1, -0.05) is 13.8 Å². The summed E-state index contributed by atoms with van der Waals surface area (Å²) in [6, 6.07) is 6.96. The van der Waals surface area contributed by atoms with Gasteiger partial charge < -0.3 is 20.7 Å². The molecule has 1 aromatic carbocycles. The third-order valence-corrected chi connectivity index (χ3v) is 3.38. The van der Waals surface area contributed by atoms with Crippen LogP contribution in [-0.2, 0) is 19.1 Å². The number of esters is 1. The molecule has 2 amide bonds. The maximum Gasteiger partial charge on any atom is 0.306 e. The number of amides is 2. The van der Waals surface area contributed by atoms with Gasteiger partial charge >= 0.3 is 5.97 Å². The molecule has 0 atom stereocenters. The first kappa shape index (κ1) is 21.6. The van der Waals surface area contributed by atoms with E-state index in [1.54, 1.807) is 24.3 Å². The molecule has 1 aromatic rings. The number of hydrogen-bond acceptors (Lipinski definition) is 5. The van der Waals surface area contributed by atoms with E-state index in [2.05, 4.69) is 16.0 Å². The second kappa shape index (κ2) is 12.0. The average molecular weight is 379 g/mol. The summed E-state index contributed by atoms with van der Waals surface area (Å²) < 4.78 is 4.90. The van der Waals surface area contributed by atoms with Crippen molar-refractivity contribution in [2.45, 2.75) is 46.0 Å². The molecule has 26 heavy (non-hydrogen) atoms. The Balaban J connectivity index is 2.37. The zero-order valence-electron chi connectivity index (χ0n) is 15.1. The van der Waals surface area contributed by atoms with Gasteiger partial charge in [0.1, 0.15) is 0 Å². The van der Waals surface area contributed by atoms with Gasteiger partial charge in [-0.3, -0.25) is 14.4 Å². The summed E-state index contributed by atoms with van der Waals surface area (Å²) in [6.07, 6.45) is 2.03. The van der Waals surface area contributed by atoms with Crippen LogP contribution < -0.4 is 16.0 Å². The van der Waals surface area contributed by atoms with Crippen LogP contribution in [0, 0.1) is 0 Å². The van der Waals surface area contributed by atoms with Gasteiger partial charge in [-0.15, -0.1) is 0 Å². The van der Waals surface area contributed by atoms with Gasteiger partial charge in [0.05, 0.1) is 13.0 Å². The molecule has 0 spiro atoms. The van der Waals surface area contributed by atoms with Crippen LogP contribution in [-0.4, -0.2) is 29.5 Å². The highest BCUT2D eigenvalue weighted by molar-refractivity contribution is 7.80. The Hall–Kier alpha value is -2.48. The van der Waals surface area contributed by atoms with Crippen LogP contribution in [0.25, 0.3) is 0 Å². The van der Waals surface area contributed by atoms with Crippen LogP contribution in [0.5, 0.6) is 0 Å². The fraction of sp³-hybridized carbons (Fsp3) is 0.444. The number of hydrogen-bond donors (Lipinski definition) is 3. The maximum absolute atomic E-state index is 11.8. The van der Waals surface area contributed by atoms with E-state index in [9.17, 15) is 14.4 Å². The molecule has 0 bridgehead atoms. The van der Waals surface area contributed by atoms with E-state index in [0.717, 1.165) is 12.8 Å². The van der Waals surface area contributed by atoms with E-state index < -0.39 is 5.97 Å². The smallest absolute Gasteiger partial charge is 0.306 e. The van der Waals surface area contributed by atoms with Gasteiger partial charge in [0.2, 0.25) is 11.8 Å². The fourth-order valence-corrected chi connectivity index (χ4v) is 2.17. The molecule has 0 fully saturated rings. The Morgan fingerprint density at radius 1 is 0.885 bits per heavy atom. The lowest BCUT2D eigenvalue weighted by atomic mass is 10.2. The number of ether oxygens (including phenoxy) is 1. The zero-order valence-corrected chi connectivity index (χ0v) is 15.9. The molecule has 0 aliphatic carbocycles. The van der Waals surface area contributed by atoms with E-state index in [-0.39, 0.29) is 29.8 Å². The third kappa shape index (κ3) is 9.12. The number of rotatable bonds is 9. The van der Waals surface area contributed by atoms with Crippen molar-refractivity contribution in [2.24, 2.45) is 0 Å². The summed E-state index contributed by atoms with van der Waals surface area (Å²) in [6.45, 7) is 4.20. The molecular formula is C18H25N3O4S. The van der Waals surface area contributed by atoms with Crippen LogP contribution in [0.4, 0.5) is 11.4 Å². The first-order valence-corrected chi connectivity index (χ1v) is 9.01. The number of carbonyl (C=O) groups is 3. The predicted octanol–water partition coefficient (Wildman–Crippen LogP) is 2.97. The van der Waals surface area contributed by atoms with Crippen molar-refractivity contribution in [1.82, 2.24) is 5.32 Å². The molecule has 0 heterocycles. The van der Waals surface area contributed by atoms with Gasteiger partial charge in [0.25, 0.3) is 0 Å². The molecule has 0 unspecified atom stereocenters. The minimum absolute atomic E-state index is 0.00671. The average Bonchev–Trinajstić information content (AvgIpc) is 2.60. The van der Waals surface area contributed by atoms with E-state index in [0.29, 0.717) is 24.4 Å². The molecule has 0 radical (unpaired) electrons. The van der Waals surface area contributed by atoms with Crippen molar-refractivity contribution >= 4 is 46.5 Å². The highest BCUT2D eigenvalue weighted by Gasteiger charge is 2.09. The van der Waals surface area contributed by atoms with Gasteiger partial charge in [-0.25, -0.2) is 0 Å². The predicted molar refractivity (Wildman–Crippen MR) is 105 cm³/mol. The SMILES string of the molecule is CCCOC(=O)CCC(=O)NC(=S)Nc1ccc(NC(=O)CCC)cc1. The van der Waals surface area contributed by atoms with Crippen LogP contribution in [0.2, 0.25) is 0 Å². The lowest BCUT2D eigenvalue weighted by Crippen LogP contribution is -2.34. The molecule has 3 N–H and O–H groups in total. The molecule has 0 aliphatic rings. The Morgan fingerprint density at radius 2 is 1.50 bits per heavy atom. The molecule has 0 saturated carbocycles. The lowest BCUT2D eigenvalue weighted by molar-refractivity contribution is -0.144. The summed E-state index contributed by atoms with van der Waals surface area (Å²) >= 11 is 5.07. The Bertz CT molecular complexity index is 632. The van der Waals surface area contributed by atoms with E-state index in [1.165, 1.54) is 0 Å². The minimum atomic E-state index is -0.401. The lowest BCUT2D eigenvalue weighted by Gasteiger charge is -2.10. The van der Waals surface area contributed by atoms with Crippen LogP contribution in [0.15, 0.2) is 24.3 Å². The monoisotopic (exact) mass is 379 g/mol. The molecule has 0 saturated heterocycles. The van der Waals surface area contributed by atoms with Gasteiger partial charge in [0, 0.05) is 24.2 Å². The number of benzene rings is 1. The largest absolute Gasteiger partial charge is 0.466 e. The highest BCUT2D eigenvalue weighted by Crippen LogP contribution is 2.14. The van der Waals surface area contributed by atoms with E-state index >= 15 is 0 Å². The molecule has 1 rings (SSSR count). The minimum Gasteiger partial charge on any atom is -0.466 e. The van der Waals surface area contributed by atoms with Gasteiger partial charge in [-0.2, -0.15) is 0 Å². The Labute approximate surface area is 158 Å². The fourth-order valence-electron chi connectivity index (χ4n) is 1.94. The van der Waals surface area contributed by atoms with Crippen molar-refractivity contribution in [1.29, 1.82) is 0 Å². The van der Waals surface area contributed by atoms with Crippen molar-refractivity contribution in [3.8, 4) is 0 Å². The first-order chi connectivity index (χ1) is 12.4. The summed E-state index contributed by atoms with van der Waals surface area (Å²) in [4.78, 5) is 34.7. The van der Waals surface area contributed by atoms with Crippen LogP contribution in [0.3, 0.4) is 0 Å². The molecule has 0 aromatic heterocycles. The molecule has 8 heteroatoms. The van der Waals surface area contributed by atoms with Crippen molar-refractivity contribution < 1.29 is 19.1 Å². The summed E-state index contributed by atoms with van der Waals surface area (Å²) in [5.74, 6) is -0.797. The molecule has 7 nitrogen and oxygen atoms in total. The second-order valence-corrected chi connectivity index (χ2v) is 6.01. The summed E-state index contributed by atoms with van der Waals surface area (Å²) in [5, 5.41) is 8.30. The van der Waals surface area contributed by atoms with Crippen LogP contribution >= 0.6 is 12.2 Å². The normalized spacial score (nSPS) is 9.92. The van der Waals surface area contributed by atoms with Crippen molar-refractivity contribution in [3.63, 3.8) is 0 Å². The van der Waals surface area contributed by atoms with E-state index in [4.69, 9.17) is 17.0 Å². The summed E-state index contributed by atoms with van der Waals surface area (Å²) in [5.41, 5.74) is 1.36. The third-order valence-electron chi connectivity index (χ3n) is 3.18. The zero-order chi connectivity index (χ0) is 19.4. The van der Waals surface area contributed by atoms with E-state index in [1.807, 2.05) is 13.8 Å².